The summed E-state index contributed by atoms with van der Waals surface area (Å²) in [6.45, 7) is 0.926. The molecule has 0 spiro atoms. The first-order valence-corrected chi connectivity index (χ1v) is 8.37. The summed E-state index contributed by atoms with van der Waals surface area (Å²) in [4.78, 5) is 28.5. The van der Waals surface area contributed by atoms with E-state index in [1.54, 1.807) is 36.3 Å². The summed E-state index contributed by atoms with van der Waals surface area (Å²) in [6.07, 6.45) is 3.39. The minimum atomic E-state index is -0.195. The van der Waals surface area contributed by atoms with Gasteiger partial charge in [-0.2, -0.15) is 0 Å². The van der Waals surface area contributed by atoms with E-state index in [0.717, 1.165) is 5.75 Å². The zero-order valence-corrected chi connectivity index (χ0v) is 13.5. The number of carbonyl (C=O) groups excluding carboxylic acids is 2. The van der Waals surface area contributed by atoms with Gasteiger partial charge in [0.15, 0.2) is 0 Å². The second-order valence-electron chi connectivity index (χ2n) is 4.75. The molecule has 2 amide bonds. The van der Waals surface area contributed by atoms with Crippen LogP contribution in [0.1, 0.15) is 16.8 Å². The van der Waals surface area contributed by atoms with E-state index in [-0.39, 0.29) is 18.2 Å². The van der Waals surface area contributed by atoms with Gasteiger partial charge in [-0.3, -0.25) is 14.6 Å². The SMILES string of the molecule is O=C(CCNC(=O)c1ccncc1)NCCSc1ccccc1. The van der Waals surface area contributed by atoms with Gasteiger partial charge in [-0.1, -0.05) is 18.2 Å². The average molecular weight is 329 g/mol. The summed E-state index contributed by atoms with van der Waals surface area (Å²) >= 11 is 1.70. The Kier molecular flexibility index (Phi) is 7.13. The van der Waals surface area contributed by atoms with Crippen molar-refractivity contribution in [2.75, 3.05) is 18.8 Å². The molecule has 23 heavy (non-hydrogen) atoms. The van der Waals surface area contributed by atoms with Crippen LogP contribution in [-0.2, 0) is 4.79 Å². The van der Waals surface area contributed by atoms with Crippen molar-refractivity contribution < 1.29 is 9.59 Å². The van der Waals surface area contributed by atoms with Crippen molar-refractivity contribution in [2.45, 2.75) is 11.3 Å². The Morgan fingerprint density at radius 1 is 0.957 bits per heavy atom. The molecule has 6 heteroatoms. The Morgan fingerprint density at radius 3 is 2.43 bits per heavy atom. The zero-order chi connectivity index (χ0) is 16.3. The van der Waals surface area contributed by atoms with Gasteiger partial charge in [0.25, 0.3) is 5.91 Å². The van der Waals surface area contributed by atoms with E-state index in [1.165, 1.54) is 4.90 Å². The molecule has 0 radical (unpaired) electrons. The van der Waals surface area contributed by atoms with Crippen molar-refractivity contribution in [1.29, 1.82) is 0 Å². The Balaban J connectivity index is 1.56. The average Bonchev–Trinajstić information content (AvgIpc) is 2.60. The third-order valence-electron chi connectivity index (χ3n) is 3.02. The lowest BCUT2D eigenvalue weighted by Gasteiger charge is -2.07. The molecule has 0 atom stereocenters. The minimum Gasteiger partial charge on any atom is -0.355 e. The number of benzene rings is 1. The summed E-state index contributed by atoms with van der Waals surface area (Å²) in [7, 11) is 0. The van der Waals surface area contributed by atoms with Crippen molar-refractivity contribution in [1.82, 2.24) is 15.6 Å². The lowest BCUT2D eigenvalue weighted by Crippen LogP contribution is -2.31. The molecule has 0 aliphatic carbocycles. The summed E-state index contributed by atoms with van der Waals surface area (Å²) in [6, 6.07) is 13.3. The highest BCUT2D eigenvalue weighted by Gasteiger charge is 2.05. The summed E-state index contributed by atoms with van der Waals surface area (Å²) < 4.78 is 0. The third kappa shape index (κ3) is 6.52. The monoisotopic (exact) mass is 329 g/mol. The maximum atomic E-state index is 11.8. The number of rotatable bonds is 8. The number of thioether (sulfide) groups is 1. The van der Waals surface area contributed by atoms with E-state index >= 15 is 0 Å². The van der Waals surface area contributed by atoms with Crippen LogP contribution in [0.3, 0.4) is 0 Å². The summed E-state index contributed by atoms with van der Waals surface area (Å²) in [5, 5.41) is 5.56. The predicted molar refractivity (Wildman–Crippen MR) is 91.4 cm³/mol. The Morgan fingerprint density at radius 2 is 1.70 bits per heavy atom. The minimum absolute atomic E-state index is 0.0614. The lowest BCUT2D eigenvalue weighted by molar-refractivity contribution is -0.120. The van der Waals surface area contributed by atoms with Crippen LogP contribution in [0.15, 0.2) is 59.8 Å². The molecule has 0 saturated heterocycles. The van der Waals surface area contributed by atoms with Gasteiger partial charge in [0.05, 0.1) is 0 Å². The van der Waals surface area contributed by atoms with E-state index in [1.807, 2.05) is 30.3 Å². The number of pyridine rings is 1. The molecule has 0 bridgehead atoms. The van der Waals surface area contributed by atoms with E-state index in [2.05, 4.69) is 15.6 Å². The van der Waals surface area contributed by atoms with Crippen LogP contribution >= 0.6 is 11.8 Å². The molecule has 0 fully saturated rings. The van der Waals surface area contributed by atoms with Crippen molar-refractivity contribution in [3.63, 3.8) is 0 Å². The highest BCUT2D eigenvalue weighted by Crippen LogP contribution is 2.15. The molecule has 120 valence electrons. The van der Waals surface area contributed by atoms with E-state index in [4.69, 9.17) is 0 Å². The smallest absolute Gasteiger partial charge is 0.251 e. The molecule has 0 saturated carbocycles. The molecule has 2 aromatic rings. The standard InChI is InChI=1S/C17H19N3O2S/c21-16(19-12-13-23-15-4-2-1-3-5-15)8-11-20-17(22)14-6-9-18-10-7-14/h1-7,9-10H,8,11-13H2,(H,19,21)(H,20,22). The number of nitrogens with one attached hydrogen (secondary N) is 2. The van der Waals surface area contributed by atoms with E-state index in [0.29, 0.717) is 18.7 Å². The predicted octanol–water partition coefficient (Wildman–Crippen LogP) is 2.11. The van der Waals surface area contributed by atoms with Gasteiger partial charge in [0.1, 0.15) is 0 Å². The second kappa shape index (κ2) is 9.63. The quantitative estimate of drug-likeness (QED) is 0.575. The number of hydrogen-bond donors (Lipinski definition) is 2. The maximum absolute atomic E-state index is 11.8. The van der Waals surface area contributed by atoms with Crippen LogP contribution in [0.4, 0.5) is 0 Å². The van der Waals surface area contributed by atoms with Crippen LogP contribution in [0, 0.1) is 0 Å². The Labute approximate surface area is 139 Å². The fourth-order valence-electron chi connectivity index (χ4n) is 1.86. The van der Waals surface area contributed by atoms with Crippen molar-refractivity contribution in [3.8, 4) is 0 Å². The van der Waals surface area contributed by atoms with Crippen LogP contribution in [0.25, 0.3) is 0 Å². The normalized spacial score (nSPS) is 10.1. The van der Waals surface area contributed by atoms with Gasteiger partial charge in [-0.25, -0.2) is 0 Å². The molecular weight excluding hydrogens is 310 g/mol. The highest BCUT2D eigenvalue weighted by molar-refractivity contribution is 7.99. The van der Waals surface area contributed by atoms with Gasteiger partial charge in [-0.05, 0) is 24.3 Å². The Hall–Kier alpha value is -2.34. The highest BCUT2D eigenvalue weighted by atomic mass is 32.2. The first kappa shape index (κ1) is 17.0. The molecule has 2 N–H and O–H groups in total. The molecule has 1 heterocycles. The van der Waals surface area contributed by atoms with Gasteiger partial charge in [-0.15, -0.1) is 11.8 Å². The molecule has 0 aliphatic rings. The van der Waals surface area contributed by atoms with Crippen molar-refractivity contribution in [2.24, 2.45) is 0 Å². The van der Waals surface area contributed by atoms with Gasteiger partial charge < -0.3 is 10.6 Å². The fraction of sp³-hybridized carbons (Fsp3) is 0.235. The first-order valence-electron chi connectivity index (χ1n) is 7.38. The number of aromatic nitrogens is 1. The fourth-order valence-corrected chi connectivity index (χ4v) is 2.65. The van der Waals surface area contributed by atoms with Gasteiger partial charge >= 0.3 is 0 Å². The topological polar surface area (TPSA) is 71.1 Å². The molecule has 1 aromatic heterocycles. The van der Waals surface area contributed by atoms with Crippen LogP contribution in [0.5, 0.6) is 0 Å². The summed E-state index contributed by atoms with van der Waals surface area (Å²) in [5.74, 6) is 0.563. The lowest BCUT2D eigenvalue weighted by atomic mass is 10.2. The number of hydrogen-bond acceptors (Lipinski definition) is 4. The summed E-state index contributed by atoms with van der Waals surface area (Å²) in [5.41, 5.74) is 0.541. The number of carbonyl (C=O) groups is 2. The molecule has 0 aliphatic heterocycles. The van der Waals surface area contributed by atoms with Crippen molar-refractivity contribution in [3.05, 3.63) is 60.4 Å². The zero-order valence-electron chi connectivity index (χ0n) is 12.7. The number of amides is 2. The third-order valence-corrected chi connectivity index (χ3v) is 4.03. The molecule has 1 aromatic carbocycles. The van der Waals surface area contributed by atoms with E-state index in [9.17, 15) is 9.59 Å². The van der Waals surface area contributed by atoms with Crippen LogP contribution in [-0.4, -0.2) is 35.6 Å². The molecule has 0 unspecified atom stereocenters. The first-order chi connectivity index (χ1) is 11.3. The molecule has 2 rings (SSSR count). The van der Waals surface area contributed by atoms with Gasteiger partial charge in [0, 0.05) is 48.1 Å². The second-order valence-corrected chi connectivity index (χ2v) is 5.92. The maximum Gasteiger partial charge on any atom is 0.251 e. The van der Waals surface area contributed by atoms with Crippen molar-refractivity contribution >= 4 is 23.6 Å². The largest absolute Gasteiger partial charge is 0.355 e. The van der Waals surface area contributed by atoms with Crippen LogP contribution < -0.4 is 10.6 Å². The van der Waals surface area contributed by atoms with Crippen LogP contribution in [0.2, 0.25) is 0 Å². The molecular formula is C17H19N3O2S. The Bertz CT molecular complexity index is 620. The number of nitrogens with zero attached hydrogens (tertiary/aromatic N) is 1. The van der Waals surface area contributed by atoms with Gasteiger partial charge in [0.2, 0.25) is 5.91 Å². The van der Waals surface area contributed by atoms with E-state index < -0.39 is 0 Å². The molecule has 5 nitrogen and oxygen atoms in total.